The first-order valence-electron chi connectivity index (χ1n) is 5.95. The highest BCUT2D eigenvalue weighted by atomic mass is 19.4. The van der Waals surface area contributed by atoms with Gasteiger partial charge in [-0.25, -0.2) is 4.39 Å². The van der Waals surface area contributed by atoms with Gasteiger partial charge in [-0.15, -0.1) is 0 Å². The van der Waals surface area contributed by atoms with Gasteiger partial charge in [0.1, 0.15) is 5.82 Å². The highest BCUT2D eigenvalue weighted by molar-refractivity contribution is 5.36. The van der Waals surface area contributed by atoms with Crippen LogP contribution in [0.4, 0.5) is 26.3 Å². The van der Waals surface area contributed by atoms with Gasteiger partial charge < -0.3 is 5.11 Å². The van der Waals surface area contributed by atoms with Crippen LogP contribution in [0.5, 0.6) is 0 Å². The Balaban J connectivity index is 2.73. The van der Waals surface area contributed by atoms with Gasteiger partial charge in [0.25, 0.3) is 0 Å². The monoisotopic (exact) mass is 321 g/mol. The van der Waals surface area contributed by atoms with Crippen molar-refractivity contribution in [2.45, 2.75) is 17.7 Å². The maximum atomic E-state index is 13.9. The molecule has 0 bridgehead atoms. The maximum absolute atomic E-state index is 13.9. The summed E-state index contributed by atoms with van der Waals surface area (Å²) in [5.41, 5.74) is -5.50. The molecule has 0 fully saturated rings. The van der Waals surface area contributed by atoms with Crippen LogP contribution in [0.15, 0.2) is 48.7 Å². The van der Waals surface area contributed by atoms with E-state index in [0.29, 0.717) is 24.3 Å². The van der Waals surface area contributed by atoms with Crippen LogP contribution in [0.3, 0.4) is 0 Å². The van der Waals surface area contributed by atoms with Crippen molar-refractivity contribution in [3.63, 3.8) is 0 Å². The molecule has 1 aromatic heterocycles. The van der Waals surface area contributed by atoms with Crippen molar-refractivity contribution in [2.75, 3.05) is 0 Å². The zero-order chi connectivity index (χ0) is 16.6. The first-order chi connectivity index (χ1) is 10.1. The van der Waals surface area contributed by atoms with Crippen molar-refractivity contribution in [1.82, 2.24) is 4.98 Å². The molecule has 0 saturated carbocycles. The van der Waals surface area contributed by atoms with Gasteiger partial charge in [0.05, 0.1) is 5.69 Å². The number of nitrogens with zero attached hydrogens (tertiary/aromatic N) is 1. The summed E-state index contributed by atoms with van der Waals surface area (Å²) in [6, 6.07) is 5.95. The van der Waals surface area contributed by atoms with Crippen LogP contribution < -0.4 is 0 Å². The zero-order valence-electron chi connectivity index (χ0n) is 10.8. The predicted octanol–water partition coefficient (Wildman–Crippen LogP) is 3.65. The molecule has 1 N–H and O–H groups in total. The smallest absolute Gasteiger partial charge is 0.373 e. The van der Waals surface area contributed by atoms with Gasteiger partial charge in [0, 0.05) is 6.20 Å². The normalized spacial score (nSPS) is 15.4. The van der Waals surface area contributed by atoms with Crippen LogP contribution in [0, 0.1) is 5.82 Å². The quantitative estimate of drug-likeness (QED) is 0.875. The lowest BCUT2D eigenvalue weighted by molar-refractivity contribution is -0.337. The number of hydrogen-bond acceptors (Lipinski definition) is 2. The Hall–Kier alpha value is -2.09. The van der Waals surface area contributed by atoms with Crippen LogP contribution in [0.25, 0.3) is 0 Å². The Labute approximate surface area is 121 Å². The number of hydrogen-bond donors (Lipinski definition) is 1. The molecule has 0 amide bonds. The number of aliphatic hydroxyl groups is 1. The van der Waals surface area contributed by atoms with Crippen molar-refractivity contribution < 1.29 is 31.4 Å². The highest BCUT2D eigenvalue weighted by Gasteiger charge is 2.71. The third-order valence-corrected chi connectivity index (χ3v) is 3.11. The molecule has 0 saturated heterocycles. The lowest BCUT2D eigenvalue weighted by Crippen LogP contribution is -2.56. The average molecular weight is 321 g/mol. The van der Waals surface area contributed by atoms with Crippen LogP contribution in [-0.2, 0) is 5.60 Å². The van der Waals surface area contributed by atoms with E-state index in [9.17, 15) is 31.4 Å². The van der Waals surface area contributed by atoms with Gasteiger partial charge >= 0.3 is 12.1 Å². The zero-order valence-corrected chi connectivity index (χ0v) is 10.8. The Morgan fingerprint density at radius 3 is 1.91 bits per heavy atom. The second-order valence-corrected chi connectivity index (χ2v) is 4.50. The first kappa shape index (κ1) is 16.3. The molecule has 2 rings (SSSR count). The Morgan fingerprint density at radius 2 is 1.45 bits per heavy atom. The van der Waals surface area contributed by atoms with E-state index < -0.39 is 34.8 Å². The molecule has 2 nitrogen and oxygen atoms in total. The number of aromatic nitrogens is 1. The molecule has 1 unspecified atom stereocenters. The van der Waals surface area contributed by atoms with E-state index in [4.69, 9.17) is 0 Å². The molecule has 0 spiro atoms. The fourth-order valence-electron chi connectivity index (χ4n) is 1.96. The lowest BCUT2D eigenvalue weighted by atomic mass is 9.83. The van der Waals surface area contributed by atoms with Crippen LogP contribution >= 0.6 is 0 Å². The Kier molecular flexibility index (Phi) is 3.90. The summed E-state index contributed by atoms with van der Waals surface area (Å²) in [6.07, 6.45) is -5.07. The minimum atomic E-state index is -6.03. The van der Waals surface area contributed by atoms with Crippen LogP contribution in [0.2, 0.25) is 0 Å². The minimum Gasteiger partial charge on any atom is -0.373 e. The van der Waals surface area contributed by atoms with Gasteiger partial charge in [-0.2, -0.15) is 22.0 Å². The molecule has 22 heavy (non-hydrogen) atoms. The fourth-order valence-corrected chi connectivity index (χ4v) is 1.96. The molecule has 1 aromatic carbocycles. The number of rotatable bonds is 3. The molecule has 0 aliphatic rings. The predicted molar refractivity (Wildman–Crippen MR) is 64.6 cm³/mol. The second-order valence-electron chi connectivity index (χ2n) is 4.50. The summed E-state index contributed by atoms with van der Waals surface area (Å²) in [7, 11) is 0. The maximum Gasteiger partial charge on any atom is 0.457 e. The lowest BCUT2D eigenvalue weighted by Gasteiger charge is -2.36. The molecule has 0 aliphatic carbocycles. The van der Waals surface area contributed by atoms with E-state index in [1.807, 2.05) is 0 Å². The standard InChI is InChI=1S/C14H9F6NO/c15-10-6-4-9(5-7-10)12(22,11-3-1-2-8-21-11)13(16,17)14(18,19)20/h1-8,22H. The molecule has 1 atom stereocenters. The van der Waals surface area contributed by atoms with Gasteiger partial charge in [0.2, 0.25) is 5.60 Å². The summed E-state index contributed by atoms with van der Waals surface area (Å²) >= 11 is 0. The summed E-state index contributed by atoms with van der Waals surface area (Å²) in [5, 5.41) is 10.3. The average Bonchev–Trinajstić information content (AvgIpc) is 2.46. The summed E-state index contributed by atoms with van der Waals surface area (Å²) in [5.74, 6) is -6.38. The molecule has 1 heterocycles. The van der Waals surface area contributed by atoms with Gasteiger partial charge in [-0.3, -0.25) is 4.98 Å². The van der Waals surface area contributed by atoms with Crippen LogP contribution in [-0.4, -0.2) is 22.2 Å². The molecule has 0 aliphatic heterocycles. The molecule has 118 valence electrons. The van der Waals surface area contributed by atoms with Gasteiger partial charge in [0.15, 0.2) is 0 Å². The van der Waals surface area contributed by atoms with Crippen molar-refractivity contribution in [3.8, 4) is 0 Å². The van der Waals surface area contributed by atoms with Crippen molar-refractivity contribution in [2.24, 2.45) is 0 Å². The van der Waals surface area contributed by atoms with E-state index in [0.717, 1.165) is 18.3 Å². The molecule has 0 radical (unpaired) electrons. The molecular formula is C14H9F6NO. The molecular weight excluding hydrogens is 312 g/mol. The summed E-state index contributed by atoms with van der Waals surface area (Å²) in [4.78, 5) is 3.41. The number of benzene rings is 1. The van der Waals surface area contributed by atoms with Gasteiger partial charge in [-0.05, 0) is 29.8 Å². The number of halogens is 6. The molecule has 2 aromatic rings. The van der Waals surface area contributed by atoms with E-state index in [-0.39, 0.29) is 0 Å². The second kappa shape index (κ2) is 5.28. The van der Waals surface area contributed by atoms with Crippen molar-refractivity contribution >= 4 is 0 Å². The summed E-state index contributed by atoms with van der Waals surface area (Å²) < 4.78 is 79.1. The van der Waals surface area contributed by atoms with E-state index in [2.05, 4.69) is 4.98 Å². The fraction of sp³-hybridized carbons (Fsp3) is 0.214. The highest BCUT2D eigenvalue weighted by Crippen LogP contribution is 2.51. The summed E-state index contributed by atoms with van der Waals surface area (Å²) in [6.45, 7) is 0. The van der Waals surface area contributed by atoms with E-state index in [1.165, 1.54) is 6.07 Å². The van der Waals surface area contributed by atoms with Crippen molar-refractivity contribution in [1.29, 1.82) is 0 Å². The van der Waals surface area contributed by atoms with Crippen LogP contribution in [0.1, 0.15) is 11.3 Å². The van der Waals surface area contributed by atoms with Gasteiger partial charge in [-0.1, -0.05) is 18.2 Å². The number of pyridine rings is 1. The first-order valence-corrected chi connectivity index (χ1v) is 5.95. The number of alkyl halides is 5. The third kappa shape index (κ3) is 2.43. The van der Waals surface area contributed by atoms with Crippen molar-refractivity contribution in [3.05, 3.63) is 65.7 Å². The minimum absolute atomic E-state index is 0.656. The van der Waals surface area contributed by atoms with E-state index >= 15 is 0 Å². The Bertz CT molecular complexity index is 641. The third-order valence-electron chi connectivity index (χ3n) is 3.11. The topological polar surface area (TPSA) is 33.1 Å². The molecule has 8 heteroatoms. The SMILES string of the molecule is OC(c1ccc(F)cc1)(c1ccccn1)C(F)(F)C(F)(F)F. The van der Waals surface area contributed by atoms with E-state index in [1.54, 1.807) is 0 Å². The Morgan fingerprint density at radius 1 is 0.864 bits per heavy atom. The largest absolute Gasteiger partial charge is 0.457 e.